The van der Waals surface area contributed by atoms with E-state index in [2.05, 4.69) is 15.1 Å². The number of alkyl halides is 3. The minimum absolute atomic E-state index is 0.0443. The summed E-state index contributed by atoms with van der Waals surface area (Å²) >= 11 is 5.95. The molecule has 37 heavy (non-hydrogen) atoms. The third-order valence-corrected chi connectivity index (χ3v) is 6.64. The summed E-state index contributed by atoms with van der Waals surface area (Å²) in [6.07, 6.45) is -2.36. The molecule has 2 N–H and O–H groups in total. The molecule has 9 nitrogen and oxygen atoms in total. The van der Waals surface area contributed by atoms with Gasteiger partial charge in [-0.3, -0.25) is 9.36 Å². The highest BCUT2D eigenvalue weighted by Gasteiger charge is 2.36. The SMILES string of the molecule is CS(=O)(=O)NC(CNC(=O)Cn1nc(-c2ccc(Cl)cc2)n(C2CC2)c1=O)c1ccccc1C(F)(F)F. The average Bonchev–Trinajstić information content (AvgIpc) is 3.60. The van der Waals surface area contributed by atoms with E-state index in [-0.39, 0.29) is 11.6 Å². The van der Waals surface area contributed by atoms with Gasteiger partial charge >= 0.3 is 11.9 Å². The lowest BCUT2D eigenvalue weighted by molar-refractivity contribution is -0.138. The molecule has 0 spiro atoms. The summed E-state index contributed by atoms with van der Waals surface area (Å²) in [5.41, 5.74) is -1.25. The Bertz CT molecular complexity index is 1460. The Labute approximate surface area is 215 Å². The Kier molecular flexibility index (Phi) is 7.49. The fourth-order valence-corrected chi connectivity index (χ4v) is 4.77. The predicted octanol–water partition coefficient (Wildman–Crippen LogP) is 3.13. The van der Waals surface area contributed by atoms with Crippen LogP contribution >= 0.6 is 11.6 Å². The summed E-state index contributed by atoms with van der Waals surface area (Å²) in [6.45, 7) is -0.993. The summed E-state index contributed by atoms with van der Waals surface area (Å²) in [4.78, 5) is 25.7. The van der Waals surface area contributed by atoms with Gasteiger partial charge in [-0.25, -0.2) is 22.6 Å². The van der Waals surface area contributed by atoms with E-state index in [0.717, 1.165) is 35.9 Å². The monoisotopic (exact) mass is 557 g/mol. The van der Waals surface area contributed by atoms with Crippen LogP contribution in [-0.2, 0) is 27.5 Å². The molecule has 1 unspecified atom stereocenters. The topological polar surface area (TPSA) is 115 Å². The number of halogens is 4. The van der Waals surface area contributed by atoms with E-state index < -0.39 is 52.5 Å². The number of carbonyl (C=O) groups is 1. The molecule has 0 bridgehead atoms. The average molecular weight is 558 g/mol. The molecular formula is C23H23ClF3N5O4S. The van der Waals surface area contributed by atoms with E-state index in [0.29, 0.717) is 16.4 Å². The van der Waals surface area contributed by atoms with Crippen molar-refractivity contribution in [3.8, 4) is 11.4 Å². The van der Waals surface area contributed by atoms with Gasteiger partial charge in [0.2, 0.25) is 15.9 Å². The number of carbonyl (C=O) groups excluding carboxylic acids is 1. The highest BCUT2D eigenvalue weighted by molar-refractivity contribution is 7.88. The number of benzene rings is 2. The largest absolute Gasteiger partial charge is 0.416 e. The molecule has 1 aromatic heterocycles. The van der Waals surface area contributed by atoms with Gasteiger partial charge in [0.05, 0.1) is 17.9 Å². The Morgan fingerprint density at radius 1 is 1.16 bits per heavy atom. The van der Waals surface area contributed by atoms with Crippen LogP contribution < -0.4 is 15.7 Å². The molecule has 1 saturated carbocycles. The second kappa shape index (κ2) is 10.3. The summed E-state index contributed by atoms with van der Waals surface area (Å²) in [5.74, 6) is -0.359. The van der Waals surface area contributed by atoms with Gasteiger partial charge in [-0.2, -0.15) is 13.2 Å². The minimum Gasteiger partial charge on any atom is -0.353 e. The van der Waals surface area contributed by atoms with Crippen LogP contribution in [0, 0.1) is 0 Å². The lowest BCUT2D eigenvalue weighted by Gasteiger charge is -2.22. The predicted molar refractivity (Wildman–Crippen MR) is 130 cm³/mol. The zero-order valence-electron chi connectivity index (χ0n) is 19.5. The van der Waals surface area contributed by atoms with Crippen LogP contribution in [0.2, 0.25) is 5.02 Å². The molecule has 198 valence electrons. The van der Waals surface area contributed by atoms with Gasteiger partial charge in [-0.05, 0) is 48.7 Å². The molecule has 2 aromatic carbocycles. The second-order valence-electron chi connectivity index (χ2n) is 8.70. The van der Waals surface area contributed by atoms with Gasteiger partial charge in [-0.1, -0.05) is 29.8 Å². The fraction of sp³-hybridized carbons (Fsp3) is 0.348. The Morgan fingerprint density at radius 3 is 2.41 bits per heavy atom. The fourth-order valence-electron chi connectivity index (χ4n) is 3.92. The molecule has 1 atom stereocenters. The van der Waals surface area contributed by atoms with Crippen LogP contribution in [0.25, 0.3) is 11.4 Å². The summed E-state index contributed by atoms with van der Waals surface area (Å²) in [7, 11) is -3.93. The summed E-state index contributed by atoms with van der Waals surface area (Å²) < 4.78 is 68.9. The molecule has 1 heterocycles. The highest BCUT2D eigenvalue weighted by Crippen LogP contribution is 2.37. The van der Waals surface area contributed by atoms with Gasteiger partial charge in [0.25, 0.3) is 0 Å². The van der Waals surface area contributed by atoms with Crippen LogP contribution in [0.1, 0.15) is 36.1 Å². The number of hydrogen-bond donors (Lipinski definition) is 2. The number of aromatic nitrogens is 3. The lowest BCUT2D eigenvalue weighted by atomic mass is 10.0. The van der Waals surface area contributed by atoms with Gasteiger partial charge in [0.15, 0.2) is 5.82 Å². The minimum atomic E-state index is -4.74. The Morgan fingerprint density at radius 2 is 1.81 bits per heavy atom. The summed E-state index contributed by atoms with van der Waals surface area (Å²) in [5, 5.41) is 7.23. The maximum absolute atomic E-state index is 13.5. The van der Waals surface area contributed by atoms with E-state index >= 15 is 0 Å². The molecule has 1 aliphatic rings. The molecule has 1 fully saturated rings. The van der Waals surface area contributed by atoms with E-state index in [1.165, 1.54) is 16.7 Å². The van der Waals surface area contributed by atoms with E-state index in [1.54, 1.807) is 24.3 Å². The third-order valence-electron chi connectivity index (χ3n) is 5.68. The summed E-state index contributed by atoms with van der Waals surface area (Å²) in [6, 6.07) is 9.75. The van der Waals surface area contributed by atoms with Gasteiger partial charge in [0, 0.05) is 23.2 Å². The van der Waals surface area contributed by atoms with E-state index in [4.69, 9.17) is 11.6 Å². The molecule has 1 aliphatic carbocycles. The number of sulfonamides is 1. The van der Waals surface area contributed by atoms with E-state index in [1.807, 2.05) is 0 Å². The number of rotatable bonds is 9. The van der Waals surface area contributed by atoms with Crippen molar-refractivity contribution in [1.82, 2.24) is 24.4 Å². The van der Waals surface area contributed by atoms with Crippen molar-refractivity contribution in [3.63, 3.8) is 0 Å². The highest BCUT2D eigenvalue weighted by atomic mass is 35.5. The van der Waals surface area contributed by atoms with E-state index in [9.17, 15) is 31.2 Å². The number of nitrogens with zero attached hydrogens (tertiary/aromatic N) is 3. The lowest BCUT2D eigenvalue weighted by Crippen LogP contribution is -2.40. The molecule has 0 saturated heterocycles. The smallest absolute Gasteiger partial charge is 0.353 e. The van der Waals surface area contributed by atoms with Gasteiger partial charge < -0.3 is 5.32 Å². The molecule has 3 aromatic rings. The van der Waals surface area contributed by atoms with Crippen LogP contribution in [0.3, 0.4) is 0 Å². The van der Waals surface area contributed by atoms with Crippen molar-refractivity contribution < 1.29 is 26.4 Å². The van der Waals surface area contributed by atoms with Crippen molar-refractivity contribution in [3.05, 3.63) is 75.2 Å². The first-order valence-electron chi connectivity index (χ1n) is 11.2. The maximum Gasteiger partial charge on any atom is 0.416 e. The molecule has 0 radical (unpaired) electrons. The van der Waals surface area contributed by atoms with Crippen molar-refractivity contribution in [1.29, 1.82) is 0 Å². The molecule has 0 aliphatic heterocycles. The van der Waals surface area contributed by atoms with Crippen molar-refractivity contribution in [2.75, 3.05) is 12.8 Å². The van der Waals surface area contributed by atoms with Crippen molar-refractivity contribution in [2.24, 2.45) is 0 Å². The maximum atomic E-state index is 13.5. The van der Waals surface area contributed by atoms with Gasteiger partial charge in [-0.15, -0.1) is 5.10 Å². The number of nitrogens with one attached hydrogen (secondary N) is 2. The van der Waals surface area contributed by atoms with Gasteiger partial charge in [0.1, 0.15) is 6.54 Å². The third kappa shape index (κ3) is 6.59. The zero-order valence-corrected chi connectivity index (χ0v) is 21.1. The number of hydrogen-bond acceptors (Lipinski definition) is 5. The normalized spacial score (nSPS) is 14.9. The zero-order chi connectivity index (χ0) is 27.0. The van der Waals surface area contributed by atoms with Crippen molar-refractivity contribution in [2.45, 2.75) is 37.6 Å². The molecule has 4 rings (SSSR count). The molecular weight excluding hydrogens is 535 g/mol. The molecule has 14 heteroatoms. The Hall–Kier alpha value is -3.16. The number of amides is 1. The Balaban J connectivity index is 1.55. The first kappa shape index (κ1) is 26.9. The van der Waals surface area contributed by atoms with Crippen LogP contribution in [0.4, 0.5) is 13.2 Å². The first-order valence-corrected chi connectivity index (χ1v) is 13.5. The molecule has 1 amide bonds. The first-order chi connectivity index (χ1) is 17.3. The second-order valence-corrected chi connectivity index (χ2v) is 10.9. The standard InChI is InChI=1S/C23H23ClF3N5O4S/c1-37(35,36)30-19(17-4-2-3-5-18(17)23(25,26)27)12-28-20(33)13-31-22(34)32(16-10-11-16)21(29-31)14-6-8-15(24)9-7-14/h2-9,16,19,30H,10-13H2,1H3,(H,28,33). The van der Waals surface area contributed by atoms with Crippen LogP contribution in [-0.4, -0.2) is 41.5 Å². The quantitative estimate of drug-likeness (QED) is 0.419. The van der Waals surface area contributed by atoms with Crippen LogP contribution in [0.5, 0.6) is 0 Å². The van der Waals surface area contributed by atoms with Crippen molar-refractivity contribution >= 4 is 27.5 Å². The van der Waals surface area contributed by atoms with Crippen LogP contribution in [0.15, 0.2) is 53.3 Å².